The maximum atomic E-state index is 12.3. The molecular weight excluding hydrogens is 384 g/mol. The van der Waals surface area contributed by atoms with Crippen molar-refractivity contribution in [3.8, 4) is 11.8 Å². The average Bonchev–Trinajstić information content (AvgIpc) is 2.77. The van der Waals surface area contributed by atoms with E-state index in [4.69, 9.17) is 16.3 Å². The van der Waals surface area contributed by atoms with Crippen LogP contribution in [0.15, 0.2) is 84.4 Å². The molecule has 0 unspecified atom stereocenters. The van der Waals surface area contributed by atoms with Crippen LogP contribution in [0, 0.1) is 11.3 Å². The van der Waals surface area contributed by atoms with Crippen molar-refractivity contribution in [2.45, 2.75) is 13.2 Å². The molecule has 3 aromatic carbocycles. The van der Waals surface area contributed by atoms with Crippen LogP contribution < -0.4 is 10.1 Å². The number of ether oxygens (including phenoxy) is 1. The van der Waals surface area contributed by atoms with Crippen LogP contribution in [0.25, 0.3) is 6.08 Å². The number of carbonyl (C=O) groups is 1. The number of hydrogen-bond acceptors (Lipinski definition) is 3. The van der Waals surface area contributed by atoms with Crippen LogP contribution in [0.3, 0.4) is 0 Å². The molecule has 0 atom stereocenters. The van der Waals surface area contributed by atoms with Gasteiger partial charge >= 0.3 is 0 Å². The van der Waals surface area contributed by atoms with Crippen LogP contribution >= 0.6 is 11.6 Å². The Morgan fingerprint density at radius 3 is 2.38 bits per heavy atom. The predicted octanol–water partition coefficient (Wildman–Crippen LogP) is 5.14. The van der Waals surface area contributed by atoms with E-state index in [1.54, 1.807) is 30.3 Å². The third-order valence-electron chi connectivity index (χ3n) is 4.20. The third-order valence-corrected chi connectivity index (χ3v) is 4.57. The zero-order valence-corrected chi connectivity index (χ0v) is 16.4. The number of halogens is 1. The topological polar surface area (TPSA) is 62.1 Å². The Kier molecular flexibility index (Phi) is 7.05. The van der Waals surface area contributed by atoms with Crippen molar-refractivity contribution in [2.75, 3.05) is 0 Å². The molecular formula is C24H19ClN2O2. The lowest BCUT2D eigenvalue weighted by atomic mass is 10.1. The minimum atomic E-state index is -0.407. The Labute approximate surface area is 175 Å². The molecule has 1 N–H and O–H groups in total. The summed E-state index contributed by atoms with van der Waals surface area (Å²) in [4.78, 5) is 12.3. The SMILES string of the molecule is N#C/C(=C\c1ccc(OCc2ccccc2Cl)cc1)C(=O)NCc1ccccc1. The zero-order valence-electron chi connectivity index (χ0n) is 15.6. The Morgan fingerprint density at radius 2 is 1.69 bits per heavy atom. The highest BCUT2D eigenvalue weighted by molar-refractivity contribution is 6.31. The normalized spacial score (nSPS) is 10.8. The molecule has 0 saturated heterocycles. The third kappa shape index (κ3) is 5.97. The van der Waals surface area contributed by atoms with E-state index in [-0.39, 0.29) is 5.57 Å². The second-order valence-corrected chi connectivity index (χ2v) is 6.69. The van der Waals surface area contributed by atoms with Crippen molar-refractivity contribution < 1.29 is 9.53 Å². The Balaban J connectivity index is 1.60. The second kappa shape index (κ2) is 10.1. The molecule has 0 bridgehead atoms. The smallest absolute Gasteiger partial charge is 0.262 e. The van der Waals surface area contributed by atoms with Gasteiger partial charge in [-0.15, -0.1) is 0 Å². The first-order chi connectivity index (χ1) is 14.2. The molecule has 144 valence electrons. The first-order valence-corrected chi connectivity index (χ1v) is 9.43. The van der Waals surface area contributed by atoms with Crippen molar-refractivity contribution in [3.63, 3.8) is 0 Å². The molecule has 5 heteroatoms. The Hall–Kier alpha value is -3.55. The summed E-state index contributed by atoms with van der Waals surface area (Å²) >= 11 is 6.13. The van der Waals surface area contributed by atoms with Crippen LogP contribution in [0.2, 0.25) is 5.02 Å². The van der Waals surface area contributed by atoms with E-state index in [2.05, 4.69) is 5.32 Å². The molecule has 1 amide bonds. The van der Waals surface area contributed by atoms with E-state index < -0.39 is 5.91 Å². The van der Waals surface area contributed by atoms with Crippen LogP contribution in [0.1, 0.15) is 16.7 Å². The summed E-state index contributed by atoms with van der Waals surface area (Å²) < 4.78 is 5.74. The summed E-state index contributed by atoms with van der Waals surface area (Å²) in [6.07, 6.45) is 1.55. The van der Waals surface area contributed by atoms with Gasteiger partial charge in [0.25, 0.3) is 5.91 Å². The molecule has 0 spiro atoms. The molecule has 0 aromatic heterocycles. The molecule has 3 aromatic rings. The van der Waals surface area contributed by atoms with Crippen molar-refractivity contribution in [1.82, 2.24) is 5.32 Å². The van der Waals surface area contributed by atoms with Crippen molar-refractivity contribution in [3.05, 3.63) is 106 Å². The van der Waals surface area contributed by atoms with Gasteiger partial charge in [-0.05, 0) is 35.4 Å². The molecule has 0 aliphatic carbocycles. The minimum Gasteiger partial charge on any atom is -0.489 e. The van der Waals surface area contributed by atoms with Crippen molar-refractivity contribution in [1.29, 1.82) is 5.26 Å². The highest BCUT2D eigenvalue weighted by atomic mass is 35.5. The van der Waals surface area contributed by atoms with E-state index in [9.17, 15) is 10.1 Å². The molecule has 0 heterocycles. The van der Waals surface area contributed by atoms with Gasteiger partial charge < -0.3 is 10.1 Å². The number of nitriles is 1. The van der Waals surface area contributed by atoms with Crippen LogP contribution in [-0.4, -0.2) is 5.91 Å². The summed E-state index contributed by atoms with van der Waals surface area (Å²) in [5.41, 5.74) is 2.66. The number of rotatable bonds is 7. The van der Waals surface area contributed by atoms with Gasteiger partial charge in [0.15, 0.2) is 0 Å². The fourth-order valence-electron chi connectivity index (χ4n) is 2.63. The summed E-state index contributed by atoms with van der Waals surface area (Å²) in [5, 5.41) is 12.7. The first-order valence-electron chi connectivity index (χ1n) is 9.06. The fourth-order valence-corrected chi connectivity index (χ4v) is 2.82. The van der Waals surface area contributed by atoms with E-state index >= 15 is 0 Å². The summed E-state index contributed by atoms with van der Waals surface area (Å²) in [6, 6.07) is 26.2. The second-order valence-electron chi connectivity index (χ2n) is 6.29. The van der Waals surface area contributed by atoms with E-state index in [0.29, 0.717) is 23.9 Å². The van der Waals surface area contributed by atoms with Gasteiger partial charge in [0.2, 0.25) is 0 Å². The molecule has 29 heavy (non-hydrogen) atoms. The maximum absolute atomic E-state index is 12.3. The zero-order chi connectivity index (χ0) is 20.5. The van der Waals surface area contributed by atoms with E-state index in [1.807, 2.05) is 60.7 Å². The predicted molar refractivity (Wildman–Crippen MR) is 114 cm³/mol. The summed E-state index contributed by atoms with van der Waals surface area (Å²) in [6.45, 7) is 0.730. The first kappa shape index (κ1) is 20.2. The molecule has 0 radical (unpaired) electrons. The largest absolute Gasteiger partial charge is 0.489 e. The standard InChI is InChI=1S/C24H19ClN2O2/c25-23-9-5-4-8-20(23)17-29-22-12-10-18(11-13-22)14-21(15-26)24(28)27-16-19-6-2-1-3-7-19/h1-14H,16-17H2,(H,27,28)/b21-14+. The van der Waals surface area contributed by atoms with Gasteiger partial charge in [-0.3, -0.25) is 4.79 Å². The number of hydrogen-bond donors (Lipinski definition) is 1. The fraction of sp³-hybridized carbons (Fsp3) is 0.0833. The monoisotopic (exact) mass is 402 g/mol. The van der Waals surface area contributed by atoms with Crippen LogP contribution in [-0.2, 0) is 17.9 Å². The number of nitrogens with zero attached hydrogens (tertiary/aromatic N) is 1. The lowest BCUT2D eigenvalue weighted by Crippen LogP contribution is -2.23. The van der Waals surface area contributed by atoms with Gasteiger partial charge in [0, 0.05) is 17.1 Å². The van der Waals surface area contributed by atoms with Gasteiger partial charge in [-0.25, -0.2) is 0 Å². The number of benzene rings is 3. The number of nitrogens with one attached hydrogen (secondary N) is 1. The van der Waals surface area contributed by atoms with Crippen molar-refractivity contribution in [2.24, 2.45) is 0 Å². The Bertz CT molecular complexity index is 1040. The lowest BCUT2D eigenvalue weighted by Gasteiger charge is -2.08. The van der Waals surface area contributed by atoms with Crippen LogP contribution in [0.5, 0.6) is 5.75 Å². The number of amides is 1. The summed E-state index contributed by atoms with van der Waals surface area (Å²) in [5.74, 6) is 0.268. The highest BCUT2D eigenvalue weighted by Crippen LogP contribution is 2.19. The quantitative estimate of drug-likeness (QED) is 0.439. The Morgan fingerprint density at radius 1 is 1.00 bits per heavy atom. The highest BCUT2D eigenvalue weighted by Gasteiger charge is 2.09. The lowest BCUT2D eigenvalue weighted by molar-refractivity contribution is -0.117. The van der Waals surface area contributed by atoms with Gasteiger partial charge in [0.1, 0.15) is 24.0 Å². The minimum absolute atomic E-state index is 0.0469. The van der Waals surface area contributed by atoms with Gasteiger partial charge in [0.05, 0.1) is 0 Å². The van der Waals surface area contributed by atoms with Gasteiger partial charge in [-0.2, -0.15) is 5.26 Å². The molecule has 0 fully saturated rings. The van der Waals surface area contributed by atoms with Crippen molar-refractivity contribution >= 4 is 23.6 Å². The molecule has 3 rings (SSSR count). The summed E-state index contributed by atoms with van der Waals surface area (Å²) in [7, 11) is 0. The van der Waals surface area contributed by atoms with E-state index in [0.717, 1.165) is 16.7 Å². The average molecular weight is 403 g/mol. The number of carbonyl (C=O) groups excluding carboxylic acids is 1. The van der Waals surface area contributed by atoms with Crippen LogP contribution in [0.4, 0.5) is 0 Å². The maximum Gasteiger partial charge on any atom is 0.262 e. The molecule has 0 aliphatic heterocycles. The van der Waals surface area contributed by atoms with Gasteiger partial charge in [-0.1, -0.05) is 72.3 Å². The molecule has 0 aliphatic rings. The molecule has 0 saturated carbocycles. The molecule has 4 nitrogen and oxygen atoms in total. The van der Waals surface area contributed by atoms with E-state index in [1.165, 1.54) is 0 Å².